The highest BCUT2D eigenvalue weighted by Crippen LogP contribution is 2.47. The molecule has 1 aliphatic heterocycles. The van der Waals surface area contributed by atoms with E-state index in [0.717, 1.165) is 17.8 Å². The molecule has 148 valence electrons. The summed E-state index contributed by atoms with van der Waals surface area (Å²) in [7, 11) is 0. The number of hydrogen-bond acceptors (Lipinski definition) is 2. The number of aliphatic imine (C=N–C) groups is 1. The van der Waals surface area contributed by atoms with Crippen molar-refractivity contribution in [2.45, 2.75) is 16.6 Å². The molecule has 1 unspecified atom stereocenters. The molecule has 0 N–H and O–H groups in total. The Morgan fingerprint density at radius 3 is 2.13 bits per heavy atom. The van der Waals surface area contributed by atoms with Gasteiger partial charge in [-0.25, -0.2) is 0 Å². The summed E-state index contributed by atoms with van der Waals surface area (Å²) in [4.78, 5) is 6.46. The summed E-state index contributed by atoms with van der Waals surface area (Å²) in [5.74, 6) is 0. The van der Waals surface area contributed by atoms with Gasteiger partial charge in [0.2, 0.25) is 0 Å². The first-order valence-corrected chi connectivity index (χ1v) is 11.5. The molecule has 31 heavy (non-hydrogen) atoms. The van der Waals surface area contributed by atoms with E-state index in [4.69, 9.17) is 4.99 Å². The molecule has 0 bridgehead atoms. The van der Waals surface area contributed by atoms with Crippen molar-refractivity contribution in [1.29, 1.82) is 0 Å². The number of hydrogen-bond donors (Lipinski definition) is 0. The van der Waals surface area contributed by atoms with Crippen molar-refractivity contribution in [2.24, 2.45) is 4.99 Å². The smallest absolute Gasteiger partial charge is 0.0769 e. The van der Waals surface area contributed by atoms with Gasteiger partial charge in [0.05, 0.1) is 11.4 Å². The lowest BCUT2D eigenvalue weighted by atomic mass is 9.94. The van der Waals surface area contributed by atoms with Crippen LogP contribution in [-0.2, 0) is 0 Å². The molecule has 0 amide bonds. The summed E-state index contributed by atoms with van der Waals surface area (Å²) in [5.41, 5.74) is 4.85. The van der Waals surface area contributed by atoms with Crippen LogP contribution >= 0.6 is 11.8 Å². The predicted molar refractivity (Wildman–Crippen MR) is 134 cm³/mol. The maximum Gasteiger partial charge on any atom is 0.0769 e. The molecule has 1 aliphatic rings. The Labute approximate surface area is 186 Å². The first-order valence-electron chi connectivity index (χ1n) is 10.7. The van der Waals surface area contributed by atoms with E-state index in [0.29, 0.717) is 5.25 Å². The zero-order chi connectivity index (χ0) is 20.6. The van der Waals surface area contributed by atoms with Crippen LogP contribution in [-0.4, -0.2) is 5.71 Å². The molecule has 1 atom stereocenters. The lowest BCUT2D eigenvalue weighted by Gasteiger charge is -2.19. The van der Waals surface area contributed by atoms with E-state index in [2.05, 4.69) is 109 Å². The van der Waals surface area contributed by atoms with Gasteiger partial charge in [-0.05, 0) is 39.2 Å². The van der Waals surface area contributed by atoms with Crippen LogP contribution in [0.3, 0.4) is 0 Å². The zero-order valence-electron chi connectivity index (χ0n) is 17.0. The Hall–Kier alpha value is -3.36. The molecule has 6 rings (SSSR count). The third-order valence-corrected chi connectivity index (χ3v) is 7.34. The molecule has 0 fully saturated rings. The molecule has 2 heteroatoms. The Morgan fingerprint density at radius 2 is 1.26 bits per heavy atom. The van der Waals surface area contributed by atoms with Crippen LogP contribution in [0, 0.1) is 0 Å². The summed E-state index contributed by atoms with van der Waals surface area (Å²) in [6.07, 6.45) is 0.890. The minimum Gasteiger partial charge on any atom is -0.252 e. The van der Waals surface area contributed by atoms with Gasteiger partial charge in [0.25, 0.3) is 0 Å². The van der Waals surface area contributed by atoms with E-state index in [1.54, 1.807) is 0 Å². The second kappa shape index (κ2) is 7.72. The van der Waals surface area contributed by atoms with Crippen molar-refractivity contribution < 1.29 is 0 Å². The quantitative estimate of drug-likeness (QED) is 0.282. The van der Waals surface area contributed by atoms with E-state index in [1.807, 2.05) is 11.8 Å². The van der Waals surface area contributed by atoms with Crippen LogP contribution in [0.25, 0.3) is 21.5 Å². The highest BCUT2D eigenvalue weighted by Gasteiger charge is 2.24. The molecule has 0 aromatic heterocycles. The van der Waals surface area contributed by atoms with E-state index >= 15 is 0 Å². The third-order valence-electron chi connectivity index (χ3n) is 6.04. The highest BCUT2D eigenvalue weighted by molar-refractivity contribution is 7.99. The Bertz CT molecular complexity index is 1440. The molecule has 0 spiro atoms. The fourth-order valence-electron chi connectivity index (χ4n) is 4.56. The minimum atomic E-state index is 0.299. The molecule has 0 saturated carbocycles. The van der Waals surface area contributed by atoms with Crippen molar-refractivity contribution in [3.8, 4) is 0 Å². The lowest BCUT2D eigenvalue weighted by Crippen LogP contribution is -2.06. The van der Waals surface area contributed by atoms with E-state index in [9.17, 15) is 0 Å². The van der Waals surface area contributed by atoms with Crippen LogP contribution in [0.2, 0.25) is 0 Å². The van der Waals surface area contributed by atoms with Crippen LogP contribution in [0.15, 0.2) is 119 Å². The van der Waals surface area contributed by atoms with Gasteiger partial charge in [-0.1, -0.05) is 97.1 Å². The number of fused-ring (bicyclic) bond motifs is 3. The Morgan fingerprint density at radius 1 is 0.613 bits per heavy atom. The molecule has 1 nitrogen and oxygen atoms in total. The van der Waals surface area contributed by atoms with Crippen molar-refractivity contribution in [3.05, 3.63) is 120 Å². The normalized spacial score (nSPS) is 16.0. The van der Waals surface area contributed by atoms with Gasteiger partial charge in [0, 0.05) is 22.1 Å². The van der Waals surface area contributed by atoms with Crippen molar-refractivity contribution in [2.75, 3.05) is 0 Å². The van der Waals surface area contributed by atoms with Gasteiger partial charge in [-0.2, -0.15) is 0 Å². The fraction of sp³-hybridized carbons (Fsp3) is 0.0690. The van der Waals surface area contributed by atoms with Crippen LogP contribution < -0.4 is 0 Å². The maximum absolute atomic E-state index is 5.21. The minimum absolute atomic E-state index is 0.299. The Kier molecular flexibility index (Phi) is 4.58. The summed E-state index contributed by atoms with van der Waals surface area (Å²) >= 11 is 1.93. The first-order chi connectivity index (χ1) is 15.4. The molecule has 0 saturated heterocycles. The lowest BCUT2D eigenvalue weighted by molar-refractivity contribution is 1.02. The van der Waals surface area contributed by atoms with Gasteiger partial charge in [-0.3, -0.25) is 4.99 Å². The van der Waals surface area contributed by atoms with Gasteiger partial charge < -0.3 is 0 Å². The predicted octanol–water partition coefficient (Wildman–Crippen LogP) is 8.35. The van der Waals surface area contributed by atoms with Crippen molar-refractivity contribution in [3.63, 3.8) is 0 Å². The van der Waals surface area contributed by atoms with Crippen LogP contribution in [0.5, 0.6) is 0 Å². The Balaban J connectivity index is 1.56. The van der Waals surface area contributed by atoms with Crippen molar-refractivity contribution in [1.82, 2.24) is 0 Å². The summed E-state index contributed by atoms with van der Waals surface area (Å²) in [6, 6.07) is 39.1. The van der Waals surface area contributed by atoms with E-state index < -0.39 is 0 Å². The topological polar surface area (TPSA) is 12.4 Å². The van der Waals surface area contributed by atoms with Crippen molar-refractivity contribution >= 4 is 44.7 Å². The molecule has 0 aliphatic carbocycles. The van der Waals surface area contributed by atoms with Crippen LogP contribution in [0.4, 0.5) is 5.69 Å². The average molecular weight is 416 g/mol. The van der Waals surface area contributed by atoms with E-state index in [-0.39, 0.29) is 0 Å². The van der Waals surface area contributed by atoms with Crippen LogP contribution in [0.1, 0.15) is 22.8 Å². The SMILES string of the molecule is c1ccc2c(c1)N=C(c1cccc3ccccc13)CC(c1cccc3ccccc13)S2. The molecule has 5 aromatic carbocycles. The van der Waals surface area contributed by atoms with Gasteiger partial charge in [-0.15, -0.1) is 11.8 Å². The first kappa shape index (κ1) is 18.4. The highest BCUT2D eigenvalue weighted by atomic mass is 32.2. The number of rotatable bonds is 2. The van der Waals surface area contributed by atoms with E-state index in [1.165, 1.54) is 37.6 Å². The fourth-order valence-corrected chi connectivity index (χ4v) is 5.83. The maximum atomic E-state index is 5.21. The molecular weight excluding hydrogens is 394 g/mol. The summed E-state index contributed by atoms with van der Waals surface area (Å²) in [6.45, 7) is 0. The number of thioether (sulfide) groups is 1. The standard InChI is InChI=1S/C29H21NS/c1-3-13-22-20(9-1)11-7-15-24(22)27-19-29(31-28-18-6-5-17-26(28)30-27)25-16-8-12-21-10-2-4-14-23(21)25/h1-18,29H,19H2. The molecular formula is C29H21NS. The number of benzene rings is 5. The van der Waals surface area contributed by atoms with Gasteiger partial charge in [0.15, 0.2) is 0 Å². The summed E-state index contributed by atoms with van der Waals surface area (Å²) < 4.78 is 0. The monoisotopic (exact) mass is 415 g/mol. The average Bonchev–Trinajstić information content (AvgIpc) is 3.03. The second-order valence-corrected chi connectivity index (χ2v) is 9.18. The van der Waals surface area contributed by atoms with Gasteiger partial charge >= 0.3 is 0 Å². The largest absolute Gasteiger partial charge is 0.252 e. The molecule has 0 radical (unpaired) electrons. The third kappa shape index (κ3) is 3.34. The number of para-hydroxylation sites is 1. The zero-order valence-corrected chi connectivity index (χ0v) is 17.8. The number of nitrogens with zero attached hydrogens (tertiary/aromatic N) is 1. The van der Waals surface area contributed by atoms with Gasteiger partial charge in [0.1, 0.15) is 0 Å². The summed E-state index contributed by atoms with van der Waals surface area (Å²) in [5, 5.41) is 5.45. The molecule has 1 heterocycles. The molecule has 5 aromatic rings. The second-order valence-electron chi connectivity index (χ2n) is 7.93.